The Kier molecular flexibility index (Phi) is 3.47. The fraction of sp³-hybridized carbons (Fsp3) is 0.364. The fourth-order valence-electron chi connectivity index (χ4n) is 4.93. The number of hydrogen-bond donors (Lipinski definition) is 1. The molecule has 3 nitrogen and oxygen atoms in total. The summed E-state index contributed by atoms with van der Waals surface area (Å²) in [5.41, 5.74) is 2.42. The minimum atomic E-state index is -0.772. The molecule has 3 aromatic rings. The number of rotatable bonds is 3. The average molecular weight is 333 g/mol. The van der Waals surface area contributed by atoms with Crippen molar-refractivity contribution in [3.05, 3.63) is 72.0 Å². The first-order valence-electron chi connectivity index (χ1n) is 9.22. The maximum Gasteiger partial charge on any atom is 0.134 e. The molecule has 25 heavy (non-hydrogen) atoms. The number of piperidine rings is 1. The van der Waals surface area contributed by atoms with Gasteiger partial charge in [0.25, 0.3) is 0 Å². The molecule has 2 unspecified atom stereocenters. The summed E-state index contributed by atoms with van der Waals surface area (Å²) >= 11 is 0. The van der Waals surface area contributed by atoms with Crippen molar-refractivity contribution in [3.8, 4) is 0 Å². The van der Waals surface area contributed by atoms with E-state index in [1.807, 2.05) is 18.2 Å². The summed E-state index contributed by atoms with van der Waals surface area (Å²) < 4.78 is 5.71. The minimum Gasteiger partial charge on any atom is -0.464 e. The van der Waals surface area contributed by atoms with Crippen LogP contribution in [0.4, 0.5) is 0 Å². The first-order chi connectivity index (χ1) is 12.2. The van der Waals surface area contributed by atoms with Crippen LogP contribution >= 0.6 is 0 Å². The summed E-state index contributed by atoms with van der Waals surface area (Å²) in [5, 5.41) is 12.6. The summed E-state index contributed by atoms with van der Waals surface area (Å²) in [6.45, 7) is 0.985. The largest absolute Gasteiger partial charge is 0.464 e. The van der Waals surface area contributed by atoms with E-state index in [1.165, 1.54) is 18.4 Å². The fourth-order valence-corrected chi connectivity index (χ4v) is 4.93. The van der Waals surface area contributed by atoms with E-state index >= 15 is 0 Å². The molecule has 0 aliphatic carbocycles. The lowest BCUT2D eigenvalue weighted by Crippen LogP contribution is -2.49. The maximum atomic E-state index is 11.5. The molecule has 128 valence electrons. The van der Waals surface area contributed by atoms with Gasteiger partial charge < -0.3 is 9.52 Å². The zero-order valence-corrected chi connectivity index (χ0v) is 14.3. The van der Waals surface area contributed by atoms with E-state index in [9.17, 15) is 5.11 Å². The zero-order valence-electron chi connectivity index (χ0n) is 14.3. The normalized spacial score (nSPS) is 29.3. The van der Waals surface area contributed by atoms with Gasteiger partial charge in [-0.05, 0) is 37.3 Å². The molecular formula is C22H23NO2. The Labute approximate surface area is 147 Å². The SMILES string of the molecule is OC1(c2coc3ccccc23)CC2CCC(C1)N2Cc1ccccc1. The lowest BCUT2D eigenvalue weighted by molar-refractivity contribution is -0.0589. The Bertz CT molecular complexity index is 871. The van der Waals surface area contributed by atoms with Gasteiger partial charge in [0.05, 0.1) is 11.9 Å². The molecule has 2 fully saturated rings. The Morgan fingerprint density at radius 3 is 2.40 bits per heavy atom. The van der Waals surface area contributed by atoms with Crippen molar-refractivity contribution >= 4 is 11.0 Å². The van der Waals surface area contributed by atoms with Crippen LogP contribution in [0.15, 0.2) is 65.3 Å². The van der Waals surface area contributed by atoms with Gasteiger partial charge in [0, 0.05) is 29.6 Å². The van der Waals surface area contributed by atoms with Crippen molar-refractivity contribution in [3.63, 3.8) is 0 Å². The molecule has 2 bridgehead atoms. The van der Waals surface area contributed by atoms with Crippen molar-refractivity contribution < 1.29 is 9.52 Å². The maximum absolute atomic E-state index is 11.5. The molecule has 2 saturated heterocycles. The number of furan rings is 1. The van der Waals surface area contributed by atoms with Gasteiger partial charge >= 0.3 is 0 Å². The minimum absolute atomic E-state index is 0.442. The van der Waals surface area contributed by atoms with Gasteiger partial charge in [-0.3, -0.25) is 4.90 Å². The second kappa shape index (κ2) is 5.72. The summed E-state index contributed by atoms with van der Waals surface area (Å²) in [7, 11) is 0. The van der Waals surface area contributed by atoms with Gasteiger partial charge in [-0.1, -0.05) is 48.5 Å². The molecule has 0 saturated carbocycles. The van der Waals surface area contributed by atoms with Crippen LogP contribution in [0.1, 0.15) is 36.8 Å². The van der Waals surface area contributed by atoms with E-state index in [0.29, 0.717) is 12.1 Å². The molecule has 0 spiro atoms. The van der Waals surface area contributed by atoms with E-state index in [4.69, 9.17) is 4.42 Å². The summed E-state index contributed by atoms with van der Waals surface area (Å²) in [6, 6.07) is 19.6. The lowest BCUT2D eigenvalue weighted by atomic mass is 9.80. The summed E-state index contributed by atoms with van der Waals surface area (Å²) in [5.74, 6) is 0. The number of benzene rings is 2. The van der Waals surface area contributed by atoms with Crippen molar-refractivity contribution in [2.45, 2.75) is 49.9 Å². The number of nitrogens with zero attached hydrogens (tertiary/aromatic N) is 1. The summed E-state index contributed by atoms with van der Waals surface area (Å²) in [4.78, 5) is 2.60. The van der Waals surface area contributed by atoms with Crippen LogP contribution in [0.3, 0.4) is 0 Å². The van der Waals surface area contributed by atoms with Crippen LogP contribution in [-0.4, -0.2) is 22.1 Å². The van der Waals surface area contributed by atoms with Gasteiger partial charge in [-0.15, -0.1) is 0 Å². The Morgan fingerprint density at radius 2 is 1.64 bits per heavy atom. The van der Waals surface area contributed by atoms with Crippen molar-refractivity contribution in [1.82, 2.24) is 4.90 Å². The van der Waals surface area contributed by atoms with Gasteiger partial charge in [0.2, 0.25) is 0 Å². The van der Waals surface area contributed by atoms with E-state index in [-0.39, 0.29) is 0 Å². The van der Waals surface area contributed by atoms with Crippen molar-refractivity contribution in [2.75, 3.05) is 0 Å². The van der Waals surface area contributed by atoms with Crippen molar-refractivity contribution in [1.29, 1.82) is 0 Å². The first kappa shape index (κ1) is 15.2. The second-order valence-corrected chi connectivity index (χ2v) is 7.63. The topological polar surface area (TPSA) is 36.6 Å². The predicted molar refractivity (Wildman–Crippen MR) is 98.1 cm³/mol. The van der Waals surface area contributed by atoms with E-state index in [2.05, 4.69) is 41.3 Å². The number of hydrogen-bond acceptors (Lipinski definition) is 3. The highest BCUT2D eigenvalue weighted by Gasteiger charge is 2.49. The molecule has 2 aliphatic heterocycles. The third-order valence-corrected chi connectivity index (χ3v) is 6.11. The van der Waals surface area contributed by atoms with Crippen LogP contribution in [0.25, 0.3) is 11.0 Å². The molecule has 2 aromatic carbocycles. The Hall–Kier alpha value is -2.10. The van der Waals surface area contributed by atoms with Crippen LogP contribution < -0.4 is 0 Å². The molecule has 1 N–H and O–H groups in total. The quantitative estimate of drug-likeness (QED) is 0.769. The van der Waals surface area contributed by atoms with E-state index < -0.39 is 5.60 Å². The highest BCUT2D eigenvalue weighted by Crippen LogP contribution is 2.48. The molecule has 0 amide bonds. The van der Waals surface area contributed by atoms with Gasteiger partial charge in [0.15, 0.2) is 0 Å². The Morgan fingerprint density at radius 1 is 0.960 bits per heavy atom. The van der Waals surface area contributed by atoms with Crippen molar-refractivity contribution in [2.24, 2.45) is 0 Å². The highest BCUT2D eigenvalue weighted by molar-refractivity contribution is 5.81. The molecule has 2 atom stereocenters. The van der Waals surface area contributed by atoms with Crippen LogP contribution in [0.2, 0.25) is 0 Å². The monoisotopic (exact) mass is 333 g/mol. The smallest absolute Gasteiger partial charge is 0.134 e. The standard InChI is InChI=1S/C22H23NO2/c24-22(20-15-25-21-9-5-4-8-19(20)21)12-17-10-11-18(13-22)23(17)14-16-6-2-1-3-7-16/h1-9,15,17-18,24H,10-14H2. The number of aliphatic hydroxyl groups is 1. The molecule has 3 heterocycles. The molecule has 3 heteroatoms. The average Bonchev–Trinajstić information content (AvgIpc) is 3.17. The lowest BCUT2D eigenvalue weighted by Gasteiger charge is -2.43. The third kappa shape index (κ3) is 2.50. The molecule has 0 radical (unpaired) electrons. The van der Waals surface area contributed by atoms with Crippen LogP contribution in [0, 0.1) is 0 Å². The van der Waals surface area contributed by atoms with Crippen LogP contribution in [-0.2, 0) is 12.1 Å². The molecule has 2 aliphatic rings. The molecular weight excluding hydrogens is 310 g/mol. The van der Waals surface area contributed by atoms with Gasteiger partial charge in [-0.25, -0.2) is 0 Å². The third-order valence-electron chi connectivity index (χ3n) is 6.11. The van der Waals surface area contributed by atoms with E-state index in [1.54, 1.807) is 6.26 Å². The molecule has 5 rings (SSSR count). The molecule has 1 aromatic heterocycles. The second-order valence-electron chi connectivity index (χ2n) is 7.63. The Balaban J connectivity index is 1.44. The number of fused-ring (bicyclic) bond motifs is 3. The zero-order chi connectivity index (χ0) is 16.9. The number of para-hydroxylation sites is 1. The van der Waals surface area contributed by atoms with Gasteiger partial charge in [-0.2, -0.15) is 0 Å². The summed E-state index contributed by atoms with van der Waals surface area (Å²) in [6.07, 6.45) is 5.71. The predicted octanol–water partition coefficient (Wildman–Crippen LogP) is 4.45. The van der Waals surface area contributed by atoms with E-state index in [0.717, 1.165) is 35.9 Å². The highest BCUT2D eigenvalue weighted by atomic mass is 16.3. The van der Waals surface area contributed by atoms with Gasteiger partial charge in [0.1, 0.15) is 5.58 Å². The first-order valence-corrected chi connectivity index (χ1v) is 9.22. The van der Waals surface area contributed by atoms with Crippen LogP contribution in [0.5, 0.6) is 0 Å².